The summed E-state index contributed by atoms with van der Waals surface area (Å²) in [6, 6.07) is 39.3. The fourth-order valence-electron chi connectivity index (χ4n) is 9.18. The van der Waals surface area contributed by atoms with Gasteiger partial charge in [-0.05, 0) is 145 Å². The number of hydrogen-bond acceptors (Lipinski definition) is 12. The van der Waals surface area contributed by atoms with Crippen molar-refractivity contribution in [1.29, 1.82) is 0 Å². The fourth-order valence-corrected chi connectivity index (χ4v) is 10.9. The van der Waals surface area contributed by atoms with Crippen LogP contribution in [0.15, 0.2) is 109 Å². The number of methoxy groups -OCH3 is 2. The average Bonchev–Trinajstić information content (AvgIpc) is 4.17. The largest absolute Gasteiger partial charge is 0.395 e. The lowest BCUT2D eigenvalue weighted by Gasteiger charge is -2.33. The molecule has 0 unspecified atom stereocenters. The molecule has 2 N–H and O–H groups in total. The van der Waals surface area contributed by atoms with E-state index >= 15 is 0 Å². The van der Waals surface area contributed by atoms with Crippen LogP contribution in [0.25, 0.3) is 45.9 Å². The van der Waals surface area contributed by atoms with Gasteiger partial charge in [-0.2, -0.15) is 0 Å². The second-order valence-electron chi connectivity index (χ2n) is 17.6. The molecule has 0 saturated carbocycles. The average molecular weight is 1030 g/mol. The maximum absolute atomic E-state index is 9.49. The normalized spacial score (nSPS) is 12.6. The monoisotopic (exact) mass is 1020 g/mol. The number of aliphatic hydroxyl groups is 2. The Morgan fingerprint density at radius 3 is 1.53 bits per heavy atom. The molecule has 0 saturated heterocycles. The van der Waals surface area contributed by atoms with Crippen LogP contribution < -0.4 is 9.80 Å². The molecule has 1 aliphatic carbocycles. The van der Waals surface area contributed by atoms with Gasteiger partial charge in [-0.15, -0.1) is 22.7 Å². The first-order valence-electron chi connectivity index (χ1n) is 25.5. The van der Waals surface area contributed by atoms with Crippen LogP contribution in [0.3, 0.4) is 0 Å². The van der Waals surface area contributed by atoms with E-state index in [1.165, 1.54) is 37.6 Å². The van der Waals surface area contributed by atoms with E-state index in [4.69, 9.17) is 28.4 Å². The maximum Gasteiger partial charge on any atom is 0.0778 e. The molecule has 0 spiro atoms. The third-order valence-corrected chi connectivity index (χ3v) is 15.1. The highest BCUT2D eigenvalue weighted by Gasteiger charge is 2.43. The van der Waals surface area contributed by atoms with E-state index in [-0.39, 0.29) is 13.2 Å². The first-order chi connectivity index (χ1) is 35.9. The van der Waals surface area contributed by atoms with E-state index in [9.17, 15) is 10.2 Å². The van der Waals surface area contributed by atoms with Gasteiger partial charge in [0.15, 0.2) is 0 Å². The molecule has 6 aromatic rings. The van der Waals surface area contributed by atoms with Gasteiger partial charge in [0.1, 0.15) is 0 Å². The van der Waals surface area contributed by atoms with Gasteiger partial charge in [0.25, 0.3) is 0 Å². The van der Waals surface area contributed by atoms with Gasteiger partial charge < -0.3 is 48.4 Å². The predicted octanol–water partition coefficient (Wildman–Crippen LogP) is 11.3. The number of ether oxygens (including phenoxy) is 6. The Hall–Kier alpha value is -5.40. The van der Waals surface area contributed by atoms with Gasteiger partial charge in [0.05, 0.1) is 70.9 Å². The molecule has 0 bridgehead atoms. The molecule has 2 aromatic heterocycles. The lowest BCUT2D eigenvalue weighted by Crippen LogP contribution is -2.30. The second-order valence-corrected chi connectivity index (χ2v) is 19.9. The van der Waals surface area contributed by atoms with Gasteiger partial charge in [-0.1, -0.05) is 66.5 Å². The molecular formula is C61H72N2O8S2. The zero-order valence-electron chi connectivity index (χ0n) is 43.0. The zero-order chi connectivity index (χ0) is 51.1. The molecule has 0 radical (unpaired) electrons. The Bertz CT molecular complexity index is 2700. The van der Waals surface area contributed by atoms with Gasteiger partial charge >= 0.3 is 0 Å². The predicted molar refractivity (Wildman–Crippen MR) is 303 cm³/mol. The van der Waals surface area contributed by atoms with Crippen LogP contribution in [-0.4, -0.2) is 130 Å². The Morgan fingerprint density at radius 2 is 1.00 bits per heavy atom. The standard InChI is InChI=1S/C61H72N2O8S2/c1-5-62(31-33-64)51-16-7-47(8-17-51)11-20-53-23-24-54(72-53)22-13-49-14-26-56-57-27-15-50(60-28-25-55(73-60)21-12-48-9-18-52(19-10-48)63(6-2)32-34-65)46-59(57)61(58(56)45-49,29-35-68-41-43-70-39-37-66-3)30-36-69-42-44-71-40-38-67-4/h7-12,14-21,23-28,45-46,64-65H,5-6,29-44H2,1-4H3/b20-11+,21-12+. The number of fused-ring (bicyclic) bond motifs is 3. The minimum atomic E-state index is -0.421. The minimum Gasteiger partial charge on any atom is -0.395 e. The molecule has 0 amide bonds. The lowest BCUT2D eigenvalue weighted by atomic mass is 9.72. The van der Waals surface area contributed by atoms with Crippen molar-refractivity contribution in [2.45, 2.75) is 32.1 Å². The molecule has 0 aliphatic heterocycles. The van der Waals surface area contributed by atoms with Crippen molar-refractivity contribution in [3.63, 3.8) is 0 Å². The van der Waals surface area contributed by atoms with Crippen molar-refractivity contribution in [3.8, 4) is 33.4 Å². The fraction of sp³-hybridized carbons (Fsp3) is 0.377. The second kappa shape index (κ2) is 29.5. The first-order valence-corrected chi connectivity index (χ1v) is 27.1. The molecule has 2 heterocycles. The molecule has 386 valence electrons. The maximum atomic E-state index is 9.49. The van der Waals surface area contributed by atoms with E-state index < -0.39 is 5.41 Å². The van der Waals surface area contributed by atoms with Crippen molar-refractivity contribution in [3.05, 3.63) is 152 Å². The SMILES string of the molecule is CCN(CCO)c1ccc(/C=C/c2ccc(C#Cc3ccc4c(c3)C(CCOCCOCCOC)(CCOCCOCCOC)c3cc(-c5ccc(/C=C/c6ccc(N(CC)CCO)cc6)s5)ccc3-4)s2)cc1. The van der Waals surface area contributed by atoms with E-state index in [0.29, 0.717) is 79.2 Å². The summed E-state index contributed by atoms with van der Waals surface area (Å²) in [6.45, 7) is 12.6. The summed E-state index contributed by atoms with van der Waals surface area (Å²) in [5, 5.41) is 18.9. The van der Waals surface area contributed by atoms with Crippen LogP contribution in [0, 0.1) is 11.8 Å². The summed E-state index contributed by atoms with van der Waals surface area (Å²) in [7, 11) is 3.35. The summed E-state index contributed by atoms with van der Waals surface area (Å²) < 4.78 is 34.5. The van der Waals surface area contributed by atoms with Gasteiger partial charge in [0, 0.05) is 90.6 Å². The van der Waals surface area contributed by atoms with Crippen molar-refractivity contribution >= 4 is 58.4 Å². The van der Waals surface area contributed by atoms with Crippen LogP contribution >= 0.6 is 22.7 Å². The Labute approximate surface area is 441 Å². The number of aliphatic hydroxyl groups excluding tert-OH is 2. The van der Waals surface area contributed by atoms with Gasteiger partial charge in [-0.3, -0.25) is 0 Å². The Balaban J connectivity index is 1.15. The topological polar surface area (TPSA) is 102 Å². The molecule has 0 atom stereocenters. The Morgan fingerprint density at radius 1 is 0.507 bits per heavy atom. The van der Waals surface area contributed by atoms with Crippen molar-refractivity contribution in [2.24, 2.45) is 0 Å². The van der Waals surface area contributed by atoms with Crippen molar-refractivity contribution in [2.75, 3.05) is 129 Å². The van der Waals surface area contributed by atoms with Crippen LogP contribution in [0.4, 0.5) is 11.4 Å². The molecule has 10 nitrogen and oxygen atoms in total. The summed E-state index contributed by atoms with van der Waals surface area (Å²) >= 11 is 3.46. The van der Waals surface area contributed by atoms with Crippen LogP contribution in [-0.2, 0) is 33.8 Å². The number of thiophene rings is 2. The number of benzene rings is 4. The van der Waals surface area contributed by atoms with Crippen LogP contribution in [0.1, 0.15) is 69.1 Å². The third-order valence-electron chi connectivity index (χ3n) is 13.1. The summed E-state index contributed by atoms with van der Waals surface area (Å²) in [5.74, 6) is 7.02. The summed E-state index contributed by atoms with van der Waals surface area (Å²) in [5.41, 5.74) is 11.1. The Kier molecular flexibility index (Phi) is 22.4. The van der Waals surface area contributed by atoms with E-state index in [2.05, 4.69) is 169 Å². The number of nitrogens with zero attached hydrogens (tertiary/aromatic N) is 2. The summed E-state index contributed by atoms with van der Waals surface area (Å²) in [4.78, 5) is 8.84. The van der Waals surface area contributed by atoms with Crippen molar-refractivity contribution in [1.82, 2.24) is 0 Å². The quantitative estimate of drug-likeness (QED) is 0.0323. The minimum absolute atomic E-state index is 0.132. The van der Waals surface area contributed by atoms with Crippen LogP contribution in [0.5, 0.6) is 0 Å². The summed E-state index contributed by atoms with van der Waals surface area (Å²) in [6.07, 6.45) is 10.1. The highest BCUT2D eigenvalue weighted by molar-refractivity contribution is 7.16. The van der Waals surface area contributed by atoms with E-state index in [0.717, 1.165) is 63.8 Å². The molecule has 73 heavy (non-hydrogen) atoms. The van der Waals surface area contributed by atoms with Gasteiger partial charge in [0.2, 0.25) is 0 Å². The molecule has 4 aromatic carbocycles. The third kappa shape index (κ3) is 15.6. The smallest absolute Gasteiger partial charge is 0.0778 e. The van der Waals surface area contributed by atoms with E-state index in [1.54, 1.807) is 36.9 Å². The van der Waals surface area contributed by atoms with Crippen LogP contribution in [0.2, 0.25) is 0 Å². The number of anilines is 2. The number of hydrogen-bond donors (Lipinski definition) is 2. The molecule has 12 heteroatoms. The highest BCUT2D eigenvalue weighted by Crippen LogP contribution is 2.54. The molecular weight excluding hydrogens is 953 g/mol. The number of rotatable bonds is 31. The molecule has 1 aliphatic rings. The lowest BCUT2D eigenvalue weighted by molar-refractivity contribution is 0.0145. The number of likely N-dealkylation sites (N-methyl/N-ethyl adjacent to an activating group) is 2. The highest BCUT2D eigenvalue weighted by atomic mass is 32.1. The first kappa shape index (κ1) is 55.4. The molecule has 7 rings (SSSR count). The molecule has 0 fully saturated rings. The van der Waals surface area contributed by atoms with E-state index in [1.807, 2.05) is 0 Å². The zero-order valence-corrected chi connectivity index (χ0v) is 44.6. The van der Waals surface area contributed by atoms with Gasteiger partial charge in [-0.25, -0.2) is 0 Å². The van der Waals surface area contributed by atoms with Crippen molar-refractivity contribution < 1.29 is 38.6 Å².